The third-order valence-corrected chi connectivity index (χ3v) is 1.23. The van der Waals surface area contributed by atoms with Crippen LogP contribution >= 0.6 is 0 Å². The smallest absolute Gasteiger partial charge is 0.165 e. The third kappa shape index (κ3) is 1.26. The molecule has 1 nitrogen and oxygen atoms in total. The van der Waals surface area contributed by atoms with Crippen LogP contribution in [0.2, 0.25) is 0 Å². The van der Waals surface area contributed by atoms with E-state index in [1.54, 1.807) is 6.07 Å². The molecule has 0 heterocycles. The van der Waals surface area contributed by atoms with Gasteiger partial charge in [-0.25, -0.2) is 4.39 Å². The van der Waals surface area contributed by atoms with Gasteiger partial charge in [0.1, 0.15) is 0 Å². The zero-order chi connectivity index (χ0) is 7.56. The fourth-order valence-electron chi connectivity index (χ4n) is 0.712. The van der Waals surface area contributed by atoms with Crippen LogP contribution in [0.15, 0.2) is 12.1 Å². The van der Waals surface area contributed by atoms with Gasteiger partial charge in [-0.1, -0.05) is 0 Å². The Morgan fingerprint density at radius 1 is 1.60 bits per heavy atom. The van der Waals surface area contributed by atoms with Gasteiger partial charge in [-0.15, -0.1) is 0 Å². The molecule has 1 aromatic rings. The Bertz CT molecular complexity index is 233. The molecular formula is C8H8FO. The van der Waals surface area contributed by atoms with Crippen molar-refractivity contribution in [2.45, 2.75) is 6.92 Å². The van der Waals surface area contributed by atoms with E-state index >= 15 is 0 Å². The molecule has 0 saturated carbocycles. The highest BCUT2D eigenvalue weighted by Gasteiger charge is 1.99. The van der Waals surface area contributed by atoms with Gasteiger partial charge in [0.15, 0.2) is 11.6 Å². The normalized spacial score (nSPS) is 9.50. The predicted molar refractivity (Wildman–Crippen MR) is 36.5 cm³/mol. The summed E-state index contributed by atoms with van der Waals surface area (Å²) < 4.78 is 17.3. The number of halogens is 1. The summed E-state index contributed by atoms with van der Waals surface area (Å²) in [6.07, 6.45) is 0. The average Bonchev–Trinajstić information content (AvgIpc) is 1.94. The molecular weight excluding hydrogens is 131 g/mol. The van der Waals surface area contributed by atoms with Gasteiger partial charge in [-0.05, 0) is 30.7 Å². The number of ether oxygens (including phenoxy) is 1. The van der Waals surface area contributed by atoms with Crippen molar-refractivity contribution in [2.24, 2.45) is 0 Å². The molecule has 0 aliphatic rings. The first-order valence-corrected chi connectivity index (χ1v) is 2.96. The van der Waals surface area contributed by atoms with Gasteiger partial charge in [0.05, 0.1) is 7.11 Å². The van der Waals surface area contributed by atoms with Crippen LogP contribution < -0.4 is 4.74 Å². The Balaban J connectivity index is 3.09. The summed E-state index contributed by atoms with van der Waals surface area (Å²) in [5, 5.41) is 0. The first kappa shape index (κ1) is 7.06. The van der Waals surface area contributed by atoms with E-state index < -0.39 is 0 Å². The molecule has 2 heteroatoms. The van der Waals surface area contributed by atoms with Gasteiger partial charge in [0, 0.05) is 0 Å². The monoisotopic (exact) mass is 139 g/mol. The van der Waals surface area contributed by atoms with Crippen LogP contribution in [0.3, 0.4) is 0 Å². The Morgan fingerprint density at radius 2 is 2.30 bits per heavy atom. The van der Waals surface area contributed by atoms with Crippen molar-refractivity contribution in [1.29, 1.82) is 0 Å². The highest BCUT2D eigenvalue weighted by molar-refractivity contribution is 5.28. The molecule has 0 saturated heterocycles. The molecule has 0 aliphatic carbocycles. The number of hydrogen-bond acceptors (Lipinski definition) is 1. The van der Waals surface area contributed by atoms with Crippen LogP contribution in [0.25, 0.3) is 0 Å². The average molecular weight is 139 g/mol. The first-order chi connectivity index (χ1) is 4.74. The Hall–Kier alpha value is -1.05. The molecule has 0 amide bonds. The van der Waals surface area contributed by atoms with Gasteiger partial charge >= 0.3 is 0 Å². The fourth-order valence-corrected chi connectivity index (χ4v) is 0.712. The van der Waals surface area contributed by atoms with E-state index in [1.807, 2.05) is 6.92 Å². The molecule has 0 N–H and O–H groups in total. The number of rotatable bonds is 1. The van der Waals surface area contributed by atoms with Crippen LogP contribution in [0.1, 0.15) is 5.56 Å². The summed E-state index contributed by atoms with van der Waals surface area (Å²) in [4.78, 5) is 0. The second-order valence-corrected chi connectivity index (χ2v) is 2.03. The van der Waals surface area contributed by atoms with Crippen molar-refractivity contribution in [2.75, 3.05) is 7.11 Å². The molecule has 0 aliphatic heterocycles. The van der Waals surface area contributed by atoms with E-state index in [2.05, 4.69) is 6.07 Å². The van der Waals surface area contributed by atoms with Gasteiger partial charge in [-0.2, -0.15) is 0 Å². The molecule has 0 unspecified atom stereocenters. The second kappa shape index (κ2) is 2.69. The number of hydrogen-bond donors (Lipinski definition) is 0. The van der Waals surface area contributed by atoms with Gasteiger partial charge in [0.25, 0.3) is 0 Å². The van der Waals surface area contributed by atoms with E-state index in [4.69, 9.17) is 4.74 Å². The molecule has 1 radical (unpaired) electrons. The SMILES string of the molecule is COc1cc(C)[c]cc1F. The summed E-state index contributed by atoms with van der Waals surface area (Å²) >= 11 is 0. The van der Waals surface area contributed by atoms with Crippen molar-refractivity contribution >= 4 is 0 Å². The van der Waals surface area contributed by atoms with E-state index in [-0.39, 0.29) is 11.6 Å². The Morgan fingerprint density at radius 3 is 2.80 bits per heavy atom. The van der Waals surface area contributed by atoms with E-state index in [0.29, 0.717) is 0 Å². The quantitative estimate of drug-likeness (QED) is 0.577. The highest BCUT2D eigenvalue weighted by atomic mass is 19.1. The van der Waals surface area contributed by atoms with Crippen molar-refractivity contribution in [3.8, 4) is 5.75 Å². The molecule has 0 bridgehead atoms. The second-order valence-electron chi connectivity index (χ2n) is 2.03. The zero-order valence-electron chi connectivity index (χ0n) is 5.94. The Labute approximate surface area is 59.4 Å². The van der Waals surface area contributed by atoms with Crippen LogP contribution in [-0.2, 0) is 0 Å². The first-order valence-electron chi connectivity index (χ1n) is 2.96. The molecule has 1 aromatic carbocycles. The lowest BCUT2D eigenvalue weighted by atomic mass is 10.2. The summed E-state index contributed by atoms with van der Waals surface area (Å²) in [5.74, 6) is -0.0932. The lowest BCUT2D eigenvalue weighted by molar-refractivity contribution is 0.386. The minimum absolute atomic E-state index is 0.274. The molecule has 53 valence electrons. The molecule has 1 rings (SSSR count). The lowest BCUT2D eigenvalue weighted by Gasteiger charge is -2.00. The van der Waals surface area contributed by atoms with E-state index in [0.717, 1.165) is 5.56 Å². The topological polar surface area (TPSA) is 9.23 Å². The Kier molecular flexibility index (Phi) is 1.90. The third-order valence-electron chi connectivity index (χ3n) is 1.23. The van der Waals surface area contributed by atoms with Crippen LogP contribution in [0.5, 0.6) is 5.75 Å². The summed E-state index contributed by atoms with van der Waals surface area (Å²) in [6, 6.07) is 5.60. The van der Waals surface area contributed by atoms with Crippen molar-refractivity contribution < 1.29 is 9.13 Å². The number of benzene rings is 1. The maximum absolute atomic E-state index is 12.6. The minimum Gasteiger partial charge on any atom is -0.494 e. The lowest BCUT2D eigenvalue weighted by Crippen LogP contribution is -1.87. The summed E-state index contributed by atoms with van der Waals surface area (Å²) in [7, 11) is 1.44. The summed E-state index contributed by atoms with van der Waals surface area (Å²) in [6.45, 7) is 1.84. The zero-order valence-corrected chi connectivity index (χ0v) is 5.94. The number of methoxy groups -OCH3 is 1. The molecule has 0 fully saturated rings. The minimum atomic E-state index is -0.367. The van der Waals surface area contributed by atoms with Crippen LogP contribution in [-0.4, -0.2) is 7.11 Å². The largest absolute Gasteiger partial charge is 0.494 e. The van der Waals surface area contributed by atoms with E-state index in [1.165, 1.54) is 13.2 Å². The fraction of sp³-hybridized carbons (Fsp3) is 0.250. The van der Waals surface area contributed by atoms with Gasteiger partial charge in [0.2, 0.25) is 0 Å². The number of aryl methyl sites for hydroxylation is 1. The molecule has 0 aromatic heterocycles. The van der Waals surface area contributed by atoms with E-state index in [9.17, 15) is 4.39 Å². The van der Waals surface area contributed by atoms with Crippen LogP contribution in [0.4, 0.5) is 4.39 Å². The highest BCUT2D eigenvalue weighted by Crippen LogP contribution is 2.16. The molecule has 10 heavy (non-hydrogen) atoms. The maximum Gasteiger partial charge on any atom is 0.165 e. The van der Waals surface area contributed by atoms with Gasteiger partial charge in [-0.3, -0.25) is 0 Å². The van der Waals surface area contributed by atoms with Crippen molar-refractivity contribution in [3.63, 3.8) is 0 Å². The maximum atomic E-state index is 12.6. The van der Waals surface area contributed by atoms with Crippen LogP contribution in [0, 0.1) is 18.8 Å². The van der Waals surface area contributed by atoms with Crippen molar-refractivity contribution in [3.05, 3.63) is 29.6 Å². The molecule has 0 spiro atoms. The molecule has 0 atom stereocenters. The van der Waals surface area contributed by atoms with Gasteiger partial charge < -0.3 is 4.74 Å². The standard InChI is InChI=1S/C8H8FO/c1-6-3-4-7(9)8(5-6)10-2/h4-5H,1-2H3. The summed E-state index contributed by atoms with van der Waals surface area (Å²) in [5.41, 5.74) is 0.873. The predicted octanol–water partition coefficient (Wildman–Crippen LogP) is 1.94. The van der Waals surface area contributed by atoms with Crippen molar-refractivity contribution in [1.82, 2.24) is 0 Å².